The van der Waals surface area contributed by atoms with Crippen LogP contribution in [0.25, 0.3) is 10.9 Å². The summed E-state index contributed by atoms with van der Waals surface area (Å²) in [4.78, 5) is 30.7. The quantitative estimate of drug-likeness (QED) is 0.765. The predicted octanol–water partition coefficient (Wildman–Crippen LogP) is 1.24. The van der Waals surface area contributed by atoms with Gasteiger partial charge in [0.15, 0.2) is 0 Å². The lowest BCUT2D eigenvalue weighted by Gasteiger charge is -2.23. The molecule has 0 radical (unpaired) electrons. The van der Waals surface area contributed by atoms with Gasteiger partial charge in [-0.25, -0.2) is 0 Å². The number of nitrogens with one attached hydrogen (secondary N) is 2. The Morgan fingerprint density at radius 2 is 1.88 bits per heavy atom. The Bertz CT molecular complexity index is 693. The highest BCUT2D eigenvalue weighted by Crippen LogP contribution is 2.17. The van der Waals surface area contributed by atoms with Crippen LogP contribution in [-0.4, -0.2) is 66.9 Å². The van der Waals surface area contributed by atoms with Crippen molar-refractivity contribution in [2.24, 2.45) is 0 Å². The van der Waals surface area contributed by atoms with E-state index < -0.39 is 0 Å². The topological polar surface area (TPSA) is 68.4 Å². The summed E-state index contributed by atoms with van der Waals surface area (Å²) in [5, 5.41) is 3.97. The standard InChI is InChI=1S/C18H26N4O2/c1-14(23)22(11-10-21(2)3)9-8-19-18(24)12-15-13-20-17-7-5-4-6-16(15)17/h4-7,13,20H,8-12H2,1-3H3,(H,19,24). The number of likely N-dealkylation sites (N-methyl/N-ethyl adjacent to an activating group) is 1. The monoisotopic (exact) mass is 330 g/mol. The summed E-state index contributed by atoms with van der Waals surface area (Å²) in [5.41, 5.74) is 2.02. The van der Waals surface area contributed by atoms with Gasteiger partial charge in [-0.2, -0.15) is 0 Å². The molecule has 1 heterocycles. The van der Waals surface area contributed by atoms with E-state index in [4.69, 9.17) is 0 Å². The smallest absolute Gasteiger partial charge is 0.224 e. The van der Waals surface area contributed by atoms with Crippen LogP contribution in [0.2, 0.25) is 0 Å². The molecule has 0 spiro atoms. The van der Waals surface area contributed by atoms with Gasteiger partial charge in [0, 0.05) is 50.2 Å². The Morgan fingerprint density at radius 1 is 1.12 bits per heavy atom. The molecule has 2 rings (SSSR count). The molecule has 0 aliphatic carbocycles. The van der Waals surface area contributed by atoms with Crippen LogP contribution >= 0.6 is 0 Å². The van der Waals surface area contributed by atoms with Gasteiger partial charge >= 0.3 is 0 Å². The molecule has 0 saturated carbocycles. The highest BCUT2D eigenvalue weighted by atomic mass is 16.2. The van der Waals surface area contributed by atoms with E-state index in [1.807, 2.05) is 49.5 Å². The lowest BCUT2D eigenvalue weighted by Crippen LogP contribution is -2.41. The average molecular weight is 330 g/mol. The zero-order chi connectivity index (χ0) is 17.5. The molecule has 2 amide bonds. The highest BCUT2D eigenvalue weighted by molar-refractivity contribution is 5.88. The van der Waals surface area contributed by atoms with Gasteiger partial charge in [0.05, 0.1) is 6.42 Å². The van der Waals surface area contributed by atoms with Gasteiger partial charge in [-0.1, -0.05) is 18.2 Å². The molecule has 0 aliphatic heterocycles. The number of H-pyrrole nitrogens is 1. The number of aromatic amines is 1. The summed E-state index contributed by atoms with van der Waals surface area (Å²) in [6.45, 7) is 4.03. The fourth-order valence-electron chi connectivity index (χ4n) is 2.59. The number of benzene rings is 1. The Balaban J connectivity index is 1.81. The van der Waals surface area contributed by atoms with E-state index in [1.54, 1.807) is 11.8 Å². The van der Waals surface area contributed by atoms with Crippen LogP contribution in [0.4, 0.5) is 0 Å². The van der Waals surface area contributed by atoms with E-state index in [1.165, 1.54) is 0 Å². The maximum absolute atomic E-state index is 12.1. The van der Waals surface area contributed by atoms with Gasteiger partial charge in [-0.15, -0.1) is 0 Å². The summed E-state index contributed by atoms with van der Waals surface area (Å²) >= 11 is 0. The number of nitrogens with zero attached hydrogens (tertiary/aromatic N) is 2. The van der Waals surface area contributed by atoms with Crippen molar-refractivity contribution in [1.29, 1.82) is 0 Å². The second-order valence-electron chi connectivity index (χ2n) is 6.20. The molecular weight excluding hydrogens is 304 g/mol. The largest absolute Gasteiger partial charge is 0.361 e. The van der Waals surface area contributed by atoms with Crippen molar-refractivity contribution in [3.8, 4) is 0 Å². The first-order valence-corrected chi connectivity index (χ1v) is 8.19. The Kier molecular flexibility index (Phi) is 6.37. The normalized spacial score (nSPS) is 11.0. The molecule has 1 aromatic heterocycles. The fraction of sp³-hybridized carbons (Fsp3) is 0.444. The van der Waals surface area contributed by atoms with Crippen molar-refractivity contribution in [1.82, 2.24) is 20.1 Å². The number of carbonyl (C=O) groups is 2. The molecule has 2 N–H and O–H groups in total. The fourth-order valence-corrected chi connectivity index (χ4v) is 2.59. The molecule has 0 saturated heterocycles. The number of carbonyl (C=O) groups excluding carboxylic acids is 2. The van der Waals surface area contributed by atoms with Gasteiger partial charge in [0.2, 0.25) is 11.8 Å². The molecule has 0 bridgehead atoms. The molecule has 1 aromatic carbocycles. The van der Waals surface area contributed by atoms with Crippen LogP contribution in [0, 0.1) is 0 Å². The first kappa shape index (κ1) is 18.0. The molecule has 24 heavy (non-hydrogen) atoms. The predicted molar refractivity (Wildman–Crippen MR) is 95.8 cm³/mol. The minimum absolute atomic E-state index is 0.0303. The molecule has 6 nitrogen and oxygen atoms in total. The Labute approximate surface area is 142 Å². The average Bonchev–Trinajstić information content (AvgIpc) is 2.93. The molecule has 0 aliphatic rings. The van der Waals surface area contributed by atoms with Crippen molar-refractivity contribution < 1.29 is 9.59 Å². The second-order valence-corrected chi connectivity index (χ2v) is 6.20. The van der Waals surface area contributed by atoms with Crippen molar-refractivity contribution in [2.45, 2.75) is 13.3 Å². The third kappa shape index (κ3) is 5.09. The first-order chi connectivity index (χ1) is 11.5. The molecule has 6 heteroatoms. The SMILES string of the molecule is CC(=O)N(CCNC(=O)Cc1c[nH]c2ccccc12)CCN(C)C. The number of para-hydroxylation sites is 1. The lowest BCUT2D eigenvalue weighted by molar-refractivity contribution is -0.129. The summed E-state index contributed by atoms with van der Waals surface area (Å²) in [7, 11) is 3.95. The molecular formula is C18H26N4O2. The van der Waals surface area contributed by atoms with E-state index in [2.05, 4.69) is 10.3 Å². The third-order valence-corrected chi connectivity index (χ3v) is 3.99. The van der Waals surface area contributed by atoms with Gasteiger partial charge in [0.1, 0.15) is 0 Å². The van der Waals surface area contributed by atoms with Crippen molar-refractivity contribution >= 4 is 22.7 Å². The zero-order valence-corrected chi connectivity index (χ0v) is 14.6. The zero-order valence-electron chi connectivity index (χ0n) is 14.6. The summed E-state index contributed by atoms with van der Waals surface area (Å²) in [5.74, 6) is -0.00130. The van der Waals surface area contributed by atoms with Crippen LogP contribution in [0.15, 0.2) is 30.5 Å². The number of fused-ring (bicyclic) bond motifs is 1. The molecule has 0 fully saturated rings. The van der Waals surface area contributed by atoms with Gasteiger partial charge in [0.25, 0.3) is 0 Å². The van der Waals surface area contributed by atoms with E-state index in [0.29, 0.717) is 26.1 Å². The van der Waals surface area contributed by atoms with Crippen LogP contribution in [0.5, 0.6) is 0 Å². The second kappa shape index (κ2) is 8.49. The summed E-state index contributed by atoms with van der Waals surface area (Å²) in [6, 6.07) is 7.93. The van der Waals surface area contributed by atoms with Crippen LogP contribution in [0.3, 0.4) is 0 Å². The lowest BCUT2D eigenvalue weighted by atomic mass is 10.1. The van der Waals surface area contributed by atoms with E-state index in [-0.39, 0.29) is 11.8 Å². The van der Waals surface area contributed by atoms with Crippen molar-refractivity contribution in [3.63, 3.8) is 0 Å². The third-order valence-electron chi connectivity index (χ3n) is 3.99. The molecule has 0 atom stereocenters. The van der Waals surface area contributed by atoms with Gasteiger partial charge in [-0.05, 0) is 25.7 Å². The number of hydrogen-bond acceptors (Lipinski definition) is 3. The number of hydrogen-bond donors (Lipinski definition) is 2. The first-order valence-electron chi connectivity index (χ1n) is 8.19. The van der Waals surface area contributed by atoms with E-state index in [9.17, 15) is 9.59 Å². The van der Waals surface area contributed by atoms with Gasteiger partial charge in [-0.3, -0.25) is 9.59 Å². The van der Waals surface area contributed by atoms with Crippen LogP contribution < -0.4 is 5.32 Å². The summed E-state index contributed by atoms with van der Waals surface area (Å²) in [6.07, 6.45) is 2.21. The van der Waals surface area contributed by atoms with E-state index >= 15 is 0 Å². The number of rotatable bonds is 8. The maximum atomic E-state index is 12.1. The van der Waals surface area contributed by atoms with Crippen molar-refractivity contribution in [2.75, 3.05) is 40.3 Å². The van der Waals surface area contributed by atoms with Gasteiger partial charge < -0.3 is 20.1 Å². The summed E-state index contributed by atoms with van der Waals surface area (Å²) < 4.78 is 0. The molecule has 130 valence electrons. The van der Waals surface area contributed by atoms with Crippen molar-refractivity contribution in [3.05, 3.63) is 36.0 Å². The highest BCUT2D eigenvalue weighted by Gasteiger charge is 2.11. The van der Waals surface area contributed by atoms with E-state index in [0.717, 1.165) is 23.0 Å². The van der Waals surface area contributed by atoms with Crippen LogP contribution in [0.1, 0.15) is 12.5 Å². The minimum atomic E-state index is -0.0316. The number of amides is 2. The molecule has 2 aromatic rings. The van der Waals surface area contributed by atoms with Crippen LogP contribution in [-0.2, 0) is 16.0 Å². The maximum Gasteiger partial charge on any atom is 0.224 e. The Morgan fingerprint density at radius 3 is 2.58 bits per heavy atom. The molecule has 0 unspecified atom stereocenters. The minimum Gasteiger partial charge on any atom is -0.361 e. The number of aromatic nitrogens is 1. The Hall–Kier alpha value is -2.34.